The number of amidine groups is 1. The molecule has 18 heavy (non-hydrogen) atoms. The molecular formula is C13H15ClN4. The van der Waals surface area contributed by atoms with Crippen molar-refractivity contribution in [2.75, 3.05) is 13.1 Å². The van der Waals surface area contributed by atoms with Crippen molar-refractivity contribution in [3.05, 3.63) is 28.4 Å². The first-order valence-corrected chi connectivity index (χ1v) is 6.41. The average molecular weight is 263 g/mol. The lowest BCUT2D eigenvalue weighted by Crippen LogP contribution is -2.20. The Balaban J connectivity index is 2.10. The predicted molar refractivity (Wildman–Crippen MR) is 74.5 cm³/mol. The average Bonchev–Trinajstić information content (AvgIpc) is 2.95. The molecule has 0 spiro atoms. The maximum absolute atomic E-state index is 6.35. The number of hydrogen-bond donors (Lipinski definition) is 1. The number of aryl methyl sites for hydroxylation is 2. The zero-order valence-corrected chi connectivity index (χ0v) is 11.3. The van der Waals surface area contributed by atoms with Gasteiger partial charge >= 0.3 is 0 Å². The summed E-state index contributed by atoms with van der Waals surface area (Å²) < 4.78 is 1.82. The molecule has 0 atom stereocenters. The second-order valence-corrected chi connectivity index (χ2v) is 5.01. The van der Waals surface area contributed by atoms with Crippen LogP contribution < -0.4 is 5.32 Å². The van der Waals surface area contributed by atoms with Gasteiger partial charge in [0.25, 0.3) is 0 Å². The van der Waals surface area contributed by atoms with Gasteiger partial charge in [0.15, 0.2) is 0 Å². The van der Waals surface area contributed by atoms with Gasteiger partial charge in [-0.3, -0.25) is 9.67 Å². The molecule has 0 unspecified atom stereocenters. The number of nitrogens with zero attached hydrogens (tertiary/aromatic N) is 3. The first-order chi connectivity index (χ1) is 8.66. The number of aromatic nitrogens is 2. The van der Waals surface area contributed by atoms with E-state index in [0.717, 1.165) is 41.3 Å². The number of nitrogens with one attached hydrogen (secondary N) is 1. The van der Waals surface area contributed by atoms with Crippen molar-refractivity contribution in [2.24, 2.45) is 12.0 Å². The van der Waals surface area contributed by atoms with Gasteiger partial charge in [-0.1, -0.05) is 11.6 Å². The van der Waals surface area contributed by atoms with Gasteiger partial charge in [0.2, 0.25) is 0 Å². The van der Waals surface area contributed by atoms with Gasteiger partial charge in [-0.25, -0.2) is 0 Å². The van der Waals surface area contributed by atoms with Crippen molar-refractivity contribution in [2.45, 2.75) is 13.3 Å². The molecule has 94 valence electrons. The summed E-state index contributed by atoms with van der Waals surface area (Å²) in [6, 6.07) is 2.03. The number of halogens is 1. The molecular weight excluding hydrogens is 248 g/mol. The molecule has 1 aliphatic heterocycles. The van der Waals surface area contributed by atoms with Gasteiger partial charge in [-0.2, -0.15) is 5.10 Å². The molecule has 0 bridgehead atoms. The Hall–Kier alpha value is -1.55. The smallest absolute Gasteiger partial charge is 0.101 e. The van der Waals surface area contributed by atoms with Crippen LogP contribution >= 0.6 is 11.6 Å². The Labute approximate surface area is 111 Å². The number of rotatable bonds is 2. The molecule has 1 aromatic heterocycles. The van der Waals surface area contributed by atoms with Crippen molar-refractivity contribution in [1.29, 1.82) is 0 Å². The van der Waals surface area contributed by atoms with E-state index in [9.17, 15) is 0 Å². The number of fused-ring (bicyclic) bond motifs is 1. The van der Waals surface area contributed by atoms with E-state index in [-0.39, 0.29) is 0 Å². The van der Waals surface area contributed by atoms with E-state index in [1.165, 1.54) is 11.1 Å². The minimum Gasteiger partial charge on any atom is -0.372 e. The summed E-state index contributed by atoms with van der Waals surface area (Å²) in [6.07, 6.45) is 2.69. The fourth-order valence-corrected chi connectivity index (χ4v) is 2.78. The van der Waals surface area contributed by atoms with Crippen LogP contribution in [0.1, 0.15) is 11.1 Å². The molecule has 2 heterocycles. The number of benzene rings is 1. The van der Waals surface area contributed by atoms with Crippen molar-refractivity contribution in [3.63, 3.8) is 0 Å². The quantitative estimate of drug-likeness (QED) is 0.900. The van der Waals surface area contributed by atoms with Gasteiger partial charge < -0.3 is 5.32 Å². The van der Waals surface area contributed by atoms with Gasteiger partial charge in [-0.15, -0.1) is 0 Å². The second-order valence-electron chi connectivity index (χ2n) is 4.60. The third-order valence-electron chi connectivity index (χ3n) is 3.45. The SMILES string of the molecule is Cc1c(CC2=NCCN2)cc(Cl)c2c1cnn2C. The lowest BCUT2D eigenvalue weighted by atomic mass is 10.0. The van der Waals surface area contributed by atoms with Crippen molar-refractivity contribution in [1.82, 2.24) is 15.1 Å². The normalized spacial score (nSPS) is 14.9. The largest absolute Gasteiger partial charge is 0.372 e. The summed E-state index contributed by atoms with van der Waals surface area (Å²) in [5.41, 5.74) is 3.45. The Morgan fingerprint density at radius 1 is 1.50 bits per heavy atom. The van der Waals surface area contributed by atoms with Crippen LogP contribution in [0.15, 0.2) is 17.3 Å². The standard InChI is InChI=1S/C13H15ClN4/c1-8-9(6-12-15-3-4-16-12)5-11(14)13-10(8)7-17-18(13)2/h5,7H,3-4,6H2,1-2H3,(H,15,16). The molecule has 4 nitrogen and oxygen atoms in total. The molecule has 0 amide bonds. The summed E-state index contributed by atoms with van der Waals surface area (Å²) in [7, 11) is 1.91. The Kier molecular flexibility index (Phi) is 2.74. The van der Waals surface area contributed by atoms with E-state index in [0.29, 0.717) is 0 Å². The maximum Gasteiger partial charge on any atom is 0.101 e. The first-order valence-electron chi connectivity index (χ1n) is 6.03. The summed E-state index contributed by atoms with van der Waals surface area (Å²) in [6.45, 7) is 3.93. The third-order valence-corrected chi connectivity index (χ3v) is 3.74. The van der Waals surface area contributed by atoms with E-state index < -0.39 is 0 Å². The molecule has 0 saturated carbocycles. The van der Waals surface area contributed by atoms with Crippen molar-refractivity contribution in [3.8, 4) is 0 Å². The van der Waals surface area contributed by atoms with Crippen LogP contribution in [0.25, 0.3) is 10.9 Å². The lowest BCUT2D eigenvalue weighted by Gasteiger charge is -2.09. The van der Waals surface area contributed by atoms with Crippen LogP contribution in [0.3, 0.4) is 0 Å². The molecule has 0 fully saturated rings. The highest BCUT2D eigenvalue weighted by molar-refractivity contribution is 6.35. The maximum atomic E-state index is 6.35. The van der Waals surface area contributed by atoms with Gasteiger partial charge in [0, 0.05) is 25.4 Å². The molecule has 0 radical (unpaired) electrons. The Bertz CT molecular complexity index is 642. The van der Waals surface area contributed by atoms with Gasteiger partial charge in [0.05, 0.1) is 23.3 Å². The lowest BCUT2D eigenvalue weighted by molar-refractivity contribution is 0.797. The molecule has 1 aliphatic rings. The van der Waals surface area contributed by atoms with E-state index in [4.69, 9.17) is 11.6 Å². The first kappa shape index (κ1) is 11.5. The fraction of sp³-hybridized carbons (Fsp3) is 0.385. The predicted octanol–water partition coefficient (Wildman–Crippen LogP) is 2.08. The molecule has 0 saturated heterocycles. The van der Waals surface area contributed by atoms with Crippen LogP contribution in [0.5, 0.6) is 0 Å². The van der Waals surface area contributed by atoms with Crippen molar-refractivity contribution >= 4 is 28.3 Å². The molecule has 5 heteroatoms. The van der Waals surface area contributed by atoms with Crippen LogP contribution in [0.4, 0.5) is 0 Å². The highest BCUT2D eigenvalue weighted by Crippen LogP contribution is 2.29. The van der Waals surface area contributed by atoms with Gasteiger partial charge in [-0.05, 0) is 24.1 Å². The van der Waals surface area contributed by atoms with E-state index in [1.54, 1.807) is 0 Å². The van der Waals surface area contributed by atoms with Crippen LogP contribution in [-0.4, -0.2) is 28.7 Å². The zero-order chi connectivity index (χ0) is 12.7. The molecule has 1 N–H and O–H groups in total. The van der Waals surface area contributed by atoms with Crippen molar-refractivity contribution < 1.29 is 0 Å². The minimum atomic E-state index is 0.754. The zero-order valence-electron chi connectivity index (χ0n) is 10.5. The van der Waals surface area contributed by atoms with Gasteiger partial charge in [0.1, 0.15) is 5.84 Å². The van der Waals surface area contributed by atoms with E-state index >= 15 is 0 Å². The summed E-state index contributed by atoms with van der Waals surface area (Å²) in [5, 5.41) is 9.45. The Morgan fingerprint density at radius 3 is 3.06 bits per heavy atom. The highest BCUT2D eigenvalue weighted by atomic mass is 35.5. The Morgan fingerprint density at radius 2 is 2.33 bits per heavy atom. The van der Waals surface area contributed by atoms with E-state index in [2.05, 4.69) is 22.3 Å². The summed E-state index contributed by atoms with van der Waals surface area (Å²) in [5.74, 6) is 1.05. The third kappa shape index (κ3) is 1.77. The number of hydrogen-bond acceptors (Lipinski definition) is 3. The van der Waals surface area contributed by atoms with Crippen LogP contribution in [0, 0.1) is 6.92 Å². The monoisotopic (exact) mass is 262 g/mol. The highest BCUT2D eigenvalue weighted by Gasteiger charge is 2.14. The molecule has 1 aromatic carbocycles. The fourth-order valence-electron chi connectivity index (χ4n) is 2.43. The minimum absolute atomic E-state index is 0.754. The van der Waals surface area contributed by atoms with E-state index in [1.807, 2.05) is 24.0 Å². The second kappa shape index (κ2) is 4.28. The number of aliphatic imine (C=N–C) groups is 1. The molecule has 0 aliphatic carbocycles. The molecule has 3 rings (SSSR count). The molecule has 2 aromatic rings. The van der Waals surface area contributed by atoms with Crippen LogP contribution in [0.2, 0.25) is 5.02 Å². The summed E-state index contributed by atoms with van der Waals surface area (Å²) >= 11 is 6.35. The topological polar surface area (TPSA) is 42.2 Å². The van der Waals surface area contributed by atoms with Crippen LogP contribution in [-0.2, 0) is 13.5 Å². The summed E-state index contributed by atoms with van der Waals surface area (Å²) in [4.78, 5) is 4.43.